The second-order valence-electron chi connectivity index (χ2n) is 2.98. The molecule has 84 valence electrons. The van der Waals surface area contributed by atoms with Crippen LogP contribution < -0.4 is 0 Å². The maximum absolute atomic E-state index is 10.4. The summed E-state index contributed by atoms with van der Waals surface area (Å²) in [5, 5.41) is 19.6. The molecule has 0 spiro atoms. The zero-order chi connectivity index (χ0) is 11.5. The lowest BCUT2D eigenvalue weighted by atomic mass is 10.3. The van der Waals surface area contributed by atoms with Crippen molar-refractivity contribution in [1.82, 2.24) is 20.2 Å². The number of aliphatic carboxylic acids is 1. The van der Waals surface area contributed by atoms with Crippen LogP contribution in [-0.4, -0.2) is 31.3 Å². The Morgan fingerprint density at radius 1 is 1.62 bits per heavy atom. The summed E-state index contributed by atoms with van der Waals surface area (Å²) in [5.74, 6) is -0.422. The number of carboxylic acids is 1. The van der Waals surface area contributed by atoms with Crippen LogP contribution in [0.3, 0.4) is 0 Å². The first-order valence-corrected chi connectivity index (χ1v) is 5.19. The van der Waals surface area contributed by atoms with Gasteiger partial charge in [-0.1, -0.05) is 0 Å². The van der Waals surface area contributed by atoms with Gasteiger partial charge in [0.2, 0.25) is 0 Å². The minimum absolute atomic E-state index is 0.0342. The van der Waals surface area contributed by atoms with Crippen molar-refractivity contribution in [3.05, 3.63) is 17.0 Å². The smallest absolute Gasteiger partial charge is 0.305 e. The van der Waals surface area contributed by atoms with E-state index in [1.807, 2.05) is 0 Å². The number of furan rings is 1. The molecule has 2 aromatic rings. The fourth-order valence-corrected chi connectivity index (χ4v) is 1.62. The molecule has 1 N–H and O–H groups in total. The normalized spacial score (nSPS) is 10.6. The Morgan fingerprint density at radius 3 is 3.06 bits per heavy atom. The zero-order valence-corrected chi connectivity index (χ0v) is 9.59. The summed E-state index contributed by atoms with van der Waals surface area (Å²) in [4.78, 5) is 10.4. The molecule has 0 aliphatic carbocycles. The first-order chi connectivity index (χ1) is 7.68. The molecule has 0 radical (unpaired) electrons. The topological polar surface area (TPSA) is 94.0 Å². The van der Waals surface area contributed by atoms with Crippen molar-refractivity contribution in [2.24, 2.45) is 0 Å². The number of hydrogen-bond acceptors (Lipinski definition) is 5. The molecule has 0 saturated carbocycles. The molecule has 0 aliphatic heterocycles. The number of hydrogen-bond donors (Lipinski definition) is 1. The van der Waals surface area contributed by atoms with Gasteiger partial charge in [-0.15, -0.1) is 5.10 Å². The summed E-state index contributed by atoms with van der Waals surface area (Å²) in [6, 6.07) is 1.70. The standard InChI is InChI=1S/C8H7BrN4O3/c9-7-5(2-4-16-7)8-10-11-12-13(8)3-1-6(14)15/h2,4H,1,3H2,(H,14,15). The van der Waals surface area contributed by atoms with E-state index in [1.165, 1.54) is 10.9 Å². The van der Waals surface area contributed by atoms with Gasteiger partial charge in [-0.2, -0.15) is 0 Å². The van der Waals surface area contributed by atoms with E-state index < -0.39 is 5.97 Å². The van der Waals surface area contributed by atoms with Gasteiger partial charge in [-0.25, -0.2) is 4.68 Å². The minimum Gasteiger partial charge on any atom is -0.481 e. The van der Waals surface area contributed by atoms with Gasteiger partial charge in [0.05, 0.1) is 24.8 Å². The summed E-state index contributed by atoms with van der Waals surface area (Å²) in [6.45, 7) is 0.218. The third-order valence-corrected chi connectivity index (χ3v) is 2.54. The third-order valence-electron chi connectivity index (χ3n) is 1.93. The molecule has 0 fully saturated rings. The molecular formula is C8H7BrN4O3. The van der Waals surface area contributed by atoms with Crippen molar-refractivity contribution in [3.63, 3.8) is 0 Å². The van der Waals surface area contributed by atoms with E-state index in [9.17, 15) is 4.79 Å². The van der Waals surface area contributed by atoms with Crippen LogP contribution in [0.15, 0.2) is 21.4 Å². The molecule has 0 atom stereocenters. The second-order valence-corrected chi connectivity index (χ2v) is 3.70. The Bertz CT molecular complexity index is 507. The number of rotatable bonds is 4. The average Bonchev–Trinajstić information content (AvgIpc) is 2.82. The highest BCUT2D eigenvalue weighted by Crippen LogP contribution is 2.26. The Labute approximate surface area is 98.2 Å². The average molecular weight is 287 g/mol. The second kappa shape index (κ2) is 4.44. The van der Waals surface area contributed by atoms with Crippen molar-refractivity contribution in [1.29, 1.82) is 0 Å². The number of halogens is 1. The van der Waals surface area contributed by atoms with Crippen LogP contribution in [0.4, 0.5) is 0 Å². The lowest BCUT2D eigenvalue weighted by Gasteiger charge is -2.00. The van der Waals surface area contributed by atoms with E-state index in [0.29, 0.717) is 16.1 Å². The highest BCUT2D eigenvalue weighted by Gasteiger charge is 2.14. The van der Waals surface area contributed by atoms with Gasteiger partial charge in [0.1, 0.15) is 0 Å². The van der Waals surface area contributed by atoms with Gasteiger partial charge in [0.25, 0.3) is 0 Å². The van der Waals surface area contributed by atoms with E-state index in [2.05, 4.69) is 31.5 Å². The van der Waals surface area contributed by atoms with Crippen LogP contribution >= 0.6 is 15.9 Å². The number of carboxylic acid groups (broad SMARTS) is 1. The fourth-order valence-electron chi connectivity index (χ4n) is 1.20. The summed E-state index contributed by atoms with van der Waals surface area (Å²) in [6.07, 6.45) is 1.46. The summed E-state index contributed by atoms with van der Waals surface area (Å²) < 4.78 is 6.99. The van der Waals surface area contributed by atoms with Crippen LogP contribution in [0, 0.1) is 0 Å². The van der Waals surface area contributed by atoms with Crippen molar-refractivity contribution in [2.45, 2.75) is 13.0 Å². The lowest BCUT2D eigenvalue weighted by Crippen LogP contribution is -2.07. The molecule has 2 aromatic heterocycles. The highest BCUT2D eigenvalue weighted by atomic mass is 79.9. The number of aromatic nitrogens is 4. The Hall–Kier alpha value is -1.70. The predicted molar refractivity (Wildman–Crippen MR) is 55.5 cm³/mol. The van der Waals surface area contributed by atoms with Gasteiger partial charge < -0.3 is 9.52 Å². The van der Waals surface area contributed by atoms with E-state index in [4.69, 9.17) is 9.52 Å². The lowest BCUT2D eigenvalue weighted by molar-refractivity contribution is -0.137. The van der Waals surface area contributed by atoms with Crippen molar-refractivity contribution < 1.29 is 14.3 Å². The minimum atomic E-state index is -0.896. The van der Waals surface area contributed by atoms with Gasteiger partial charge in [0.15, 0.2) is 10.5 Å². The third kappa shape index (κ3) is 2.11. The monoisotopic (exact) mass is 286 g/mol. The first-order valence-electron chi connectivity index (χ1n) is 4.40. The number of aryl methyl sites for hydroxylation is 1. The van der Waals surface area contributed by atoms with E-state index in [0.717, 1.165) is 0 Å². The Balaban J connectivity index is 2.26. The van der Waals surface area contributed by atoms with Gasteiger partial charge in [0, 0.05) is 0 Å². The molecule has 0 unspecified atom stereocenters. The number of nitrogens with zero attached hydrogens (tertiary/aromatic N) is 4. The molecule has 7 nitrogen and oxygen atoms in total. The maximum Gasteiger partial charge on any atom is 0.305 e. The molecule has 0 aromatic carbocycles. The van der Waals surface area contributed by atoms with Crippen LogP contribution in [0.5, 0.6) is 0 Å². The summed E-state index contributed by atoms with van der Waals surface area (Å²) in [5.41, 5.74) is 0.690. The fraction of sp³-hybridized carbons (Fsp3) is 0.250. The number of carbonyl (C=O) groups is 1. The quantitative estimate of drug-likeness (QED) is 0.907. The number of tetrazole rings is 1. The van der Waals surface area contributed by atoms with Crippen LogP contribution in [-0.2, 0) is 11.3 Å². The SMILES string of the molecule is O=C(O)CCn1nnnc1-c1ccoc1Br. The Morgan fingerprint density at radius 2 is 2.44 bits per heavy atom. The van der Waals surface area contributed by atoms with Crippen LogP contribution in [0.25, 0.3) is 11.4 Å². The molecule has 0 aliphatic rings. The van der Waals surface area contributed by atoms with E-state index in [1.54, 1.807) is 6.07 Å². The van der Waals surface area contributed by atoms with Crippen molar-refractivity contribution in [2.75, 3.05) is 0 Å². The van der Waals surface area contributed by atoms with Gasteiger partial charge in [-0.3, -0.25) is 4.79 Å². The van der Waals surface area contributed by atoms with Crippen LogP contribution in [0.2, 0.25) is 0 Å². The molecule has 0 saturated heterocycles. The van der Waals surface area contributed by atoms with E-state index >= 15 is 0 Å². The van der Waals surface area contributed by atoms with Crippen molar-refractivity contribution in [3.8, 4) is 11.4 Å². The molecule has 0 amide bonds. The zero-order valence-electron chi connectivity index (χ0n) is 8.00. The summed E-state index contributed by atoms with van der Waals surface area (Å²) in [7, 11) is 0. The molecule has 2 heterocycles. The maximum atomic E-state index is 10.4. The van der Waals surface area contributed by atoms with Crippen LogP contribution in [0.1, 0.15) is 6.42 Å². The molecule has 2 rings (SSSR count). The van der Waals surface area contributed by atoms with E-state index in [-0.39, 0.29) is 13.0 Å². The summed E-state index contributed by atoms with van der Waals surface area (Å²) >= 11 is 3.21. The predicted octanol–water partition coefficient (Wildman–Crippen LogP) is 1.17. The molecule has 16 heavy (non-hydrogen) atoms. The Kier molecular flexibility index (Phi) is 3.00. The highest BCUT2D eigenvalue weighted by molar-refractivity contribution is 9.10. The molecule has 0 bridgehead atoms. The molecular weight excluding hydrogens is 280 g/mol. The first kappa shape index (κ1) is 10.8. The molecule has 8 heteroatoms. The van der Waals surface area contributed by atoms with Gasteiger partial charge in [-0.05, 0) is 32.4 Å². The largest absolute Gasteiger partial charge is 0.481 e. The van der Waals surface area contributed by atoms with Crippen molar-refractivity contribution >= 4 is 21.9 Å². The van der Waals surface area contributed by atoms with Gasteiger partial charge >= 0.3 is 5.97 Å².